The van der Waals surface area contributed by atoms with Crippen molar-refractivity contribution in [2.24, 2.45) is 11.8 Å². The van der Waals surface area contributed by atoms with E-state index in [9.17, 15) is 32.3 Å². The molecule has 0 aromatic heterocycles. The van der Waals surface area contributed by atoms with Gasteiger partial charge in [-0.25, -0.2) is 9.59 Å². The van der Waals surface area contributed by atoms with Crippen molar-refractivity contribution in [3.63, 3.8) is 0 Å². The predicted molar refractivity (Wildman–Crippen MR) is 136 cm³/mol. The Morgan fingerprint density at radius 1 is 1.15 bits per heavy atom. The van der Waals surface area contributed by atoms with E-state index in [0.717, 1.165) is 5.56 Å². The van der Waals surface area contributed by atoms with Gasteiger partial charge in [-0.15, -0.1) is 0 Å². The Hall–Kier alpha value is -3.68. The summed E-state index contributed by atoms with van der Waals surface area (Å²) in [5, 5.41) is 13.2. The molecule has 0 radical (unpaired) electrons. The minimum atomic E-state index is -5.08. The van der Waals surface area contributed by atoms with Crippen molar-refractivity contribution in [1.82, 2.24) is 20.4 Å². The van der Waals surface area contributed by atoms with E-state index >= 15 is 0 Å². The number of fused-ring (bicyclic) bond motifs is 1. The number of carbonyl (C=O) groups is 5. The summed E-state index contributed by atoms with van der Waals surface area (Å²) in [6.45, 7) is 8.14. The summed E-state index contributed by atoms with van der Waals surface area (Å²) in [5.74, 6) is -5.69. The lowest BCUT2D eigenvalue weighted by Gasteiger charge is -2.32. The van der Waals surface area contributed by atoms with Gasteiger partial charge in [-0.05, 0) is 32.8 Å². The zero-order valence-corrected chi connectivity index (χ0v) is 22.9. The molecule has 11 nitrogen and oxygen atoms in total. The number of nitrogens with one attached hydrogen (secondary N) is 2. The van der Waals surface area contributed by atoms with Crippen molar-refractivity contribution in [2.75, 3.05) is 20.2 Å². The minimum Gasteiger partial charge on any atom is -0.475 e. The zero-order chi connectivity index (χ0) is 30.4. The van der Waals surface area contributed by atoms with Gasteiger partial charge in [0.2, 0.25) is 11.8 Å². The molecule has 222 valence electrons. The van der Waals surface area contributed by atoms with E-state index < -0.39 is 41.5 Å². The van der Waals surface area contributed by atoms with E-state index in [-0.39, 0.29) is 43.4 Å². The van der Waals surface area contributed by atoms with Crippen molar-refractivity contribution in [1.29, 1.82) is 0 Å². The molecule has 0 spiro atoms. The van der Waals surface area contributed by atoms with E-state index in [1.54, 1.807) is 11.8 Å². The summed E-state index contributed by atoms with van der Waals surface area (Å²) in [4.78, 5) is 64.4. The molecule has 2 fully saturated rings. The number of likely N-dealkylation sites (N-methyl/N-ethyl adjacent to an activating group) is 1. The quantitative estimate of drug-likeness (QED) is 0.318. The van der Waals surface area contributed by atoms with Gasteiger partial charge in [-0.2, -0.15) is 13.2 Å². The van der Waals surface area contributed by atoms with Crippen LogP contribution < -0.4 is 10.6 Å². The Morgan fingerprint density at radius 2 is 1.73 bits per heavy atom. The average molecular weight is 573 g/mol. The number of rotatable bonds is 8. The fourth-order valence-electron chi connectivity index (χ4n) is 5.03. The van der Waals surface area contributed by atoms with Crippen LogP contribution in [0, 0.1) is 11.8 Å². The molecule has 3 rings (SSSR count). The van der Waals surface area contributed by atoms with Crippen molar-refractivity contribution in [3.8, 4) is 0 Å². The molecule has 14 heteroatoms. The Bertz CT molecular complexity index is 1100. The molecular formula is C26H35F3N4O7. The number of ether oxygens (including phenoxy) is 1. The number of hydrogen-bond acceptors (Lipinski definition) is 7. The van der Waals surface area contributed by atoms with Gasteiger partial charge in [0.25, 0.3) is 0 Å². The lowest BCUT2D eigenvalue weighted by atomic mass is 9.78. The van der Waals surface area contributed by atoms with Crippen molar-refractivity contribution in [2.45, 2.75) is 64.5 Å². The number of halogens is 3. The molecule has 2 aliphatic heterocycles. The molecule has 0 aliphatic carbocycles. The van der Waals surface area contributed by atoms with E-state index in [4.69, 9.17) is 14.6 Å². The molecule has 3 N–H and O–H groups in total. The van der Waals surface area contributed by atoms with Crippen LogP contribution in [0.2, 0.25) is 0 Å². The number of benzene rings is 1. The topological polar surface area (TPSA) is 145 Å². The smallest absolute Gasteiger partial charge is 0.475 e. The van der Waals surface area contributed by atoms with Crippen LogP contribution in [0.5, 0.6) is 0 Å². The summed E-state index contributed by atoms with van der Waals surface area (Å²) < 4.78 is 36.8. The van der Waals surface area contributed by atoms with Gasteiger partial charge in [-0.3, -0.25) is 24.6 Å². The standard InChI is InChI=1S/C24H34N4O5.C2HF3O2/c1-6-24(22(31)33-5)19-18(17(26-24)14-27(7-2)23(32)25-15(3)4)20(29)28(21(19)30)13-16-11-9-8-10-12-16;3-2(4,5)1(6)7/h8-12,15,17-19,26H,6-7,13-14H2,1-5H3,(H,25,32);(H,6,7)/t17-,18+,19-,24-;/m1./s1. The SMILES string of the molecule is CCN(C[C@H]1N[C@@](CC)(C(=O)OC)[C@H]2C(=O)N(Cc3ccccc3)C(=O)[C@@H]12)C(=O)NC(C)C.O=C(O)C(F)(F)F. The third-order valence-electron chi connectivity index (χ3n) is 6.88. The van der Waals surface area contributed by atoms with Crippen LogP contribution in [0.15, 0.2) is 30.3 Å². The number of aliphatic carboxylic acids is 1. The number of amides is 4. The number of carboxylic acids is 1. The first-order valence-electron chi connectivity index (χ1n) is 12.7. The maximum atomic E-state index is 13.5. The monoisotopic (exact) mass is 572 g/mol. The van der Waals surface area contributed by atoms with Gasteiger partial charge < -0.3 is 20.1 Å². The first-order valence-corrected chi connectivity index (χ1v) is 12.7. The molecule has 0 unspecified atom stereocenters. The number of hydrogen-bond donors (Lipinski definition) is 3. The Balaban J connectivity index is 0.000000708. The maximum Gasteiger partial charge on any atom is 0.490 e. The Morgan fingerprint density at radius 3 is 2.17 bits per heavy atom. The average Bonchev–Trinajstić information content (AvgIpc) is 3.35. The summed E-state index contributed by atoms with van der Waals surface area (Å²) in [5.41, 5.74) is -0.494. The highest BCUT2D eigenvalue weighted by molar-refractivity contribution is 6.09. The van der Waals surface area contributed by atoms with Crippen molar-refractivity contribution in [3.05, 3.63) is 35.9 Å². The normalized spacial score (nSPS) is 23.8. The Kier molecular flexibility index (Phi) is 10.7. The van der Waals surface area contributed by atoms with Gasteiger partial charge in [0, 0.05) is 25.2 Å². The lowest BCUT2D eigenvalue weighted by molar-refractivity contribution is -0.192. The van der Waals surface area contributed by atoms with E-state index in [0.29, 0.717) is 6.54 Å². The van der Waals surface area contributed by atoms with Crippen LogP contribution in [0.3, 0.4) is 0 Å². The van der Waals surface area contributed by atoms with Crippen LogP contribution in [0.1, 0.15) is 39.7 Å². The van der Waals surface area contributed by atoms with Crippen LogP contribution in [-0.2, 0) is 30.5 Å². The maximum absolute atomic E-state index is 13.5. The van der Waals surface area contributed by atoms with Gasteiger partial charge in [0.15, 0.2) is 0 Å². The first kappa shape index (κ1) is 32.5. The molecule has 0 saturated carbocycles. The number of imide groups is 1. The number of urea groups is 1. The number of methoxy groups -OCH3 is 1. The highest BCUT2D eigenvalue weighted by atomic mass is 19.4. The Labute approximate surface area is 230 Å². The number of carboxylic acid groups (broad SMARTS) is 1. The molecule has 40 heavy (non-hydrogen) atoms. The van der Waals surface area contributed by atoms with Gasteiger partial charge >= 0.3 is 24.1 Å². The molecule has 1 aromatic carbocycles. The number of likely N-dealkylation sites (tertiary alicyclic amines) is 1. The van der Waals surface area contributed by atoms with Gasteiger partial charge in [0.1, 0.15) is 5.54 Å². The van der Waals surface area contributed by atoms with Crippen molar-refractivity contribution < 1.29 is 47.0 Å². The molecule has 0 bridgehead atoms. The summed E-state index contributed by atoms with van der Waals surface area (Å²) in [7, 11) is 1.28. The largest absolute Gasteiger partial charge is 0.490 e. The number of alkyl halides is 3. The fraction of sp³-hybridized carbons (Fsp3) is 0.577. The van der Waals surface area contributed by atoms with E-state index in [2.05, 4.69) is 10.6 Å². The second kappa shape index (κ2) is 13.1. The zero-order valence-electron chi connectivity index (χ0n) is 22.9. The summed E-state index contributed by atoms with van der Waals surface area (Å²) >= 11 is 0. The summed E-state index contributed by atoms with van der Waals surface area (Å²) in [6, 6.07) is 8.41. The predicted octanol–water partition coefficient (Wildman–Crippen LogP) is 2.15. The molecule has 4 amide bonds. The highest BCUT2D eigenvalue weighted by Gasteiger charge is 2.67. The van der Waals surface area contributed by atoms with Crippen molar-refractivity contribution >= 4 is 29.8 Å². The van der Waals surface area contributed by atoms with E-state index in [1.165, 1.54) is 12.0 Å². The second-order valence-electron chi connectivity index (χ2n) is 9.76. The second-order valence-corrected chi connectivity index (χ2v) is 9.76. The van der Waals surface area contributed by atoms with Crippen LogP contribution in [-0.4, -0.2) is 88.7 Å². The van der Waals surface area contributed by atoms with Crippen LogP contribution in [0.25, 0.3) is 0 Å². The van der Waals surface area contributed by atoms with Gasteiger partial charge in [0.05, 0.1) is 25.5 Å². The molecule has 2 aliphatic rings. The number of carbonyl (C=O) groups excluding carboxylic acids is 4. The molecular weight excluding hydrogens is 537 g/mol. The molecule has 2 heterocycles. The van der Waals surface area contributed by atoms with E-state index in [1.807, 2.05) is 51.1 Å². The number of esters is 1. The molecule has 4 atom stereocenters. The van der Waals surface area contributed by atoms with Gasteiger partial charge in [-0.1, -0.05) is 37.3 Å². The minimum absolute atomic E-state index is 0.0447. The fourth-order valence-corrected chi connectivity index (χ4v) is 5.03. The lowest BCUT2D eigenvalue weighted by Crippen LogP contribution is -2.58. The number of nitrogens with zero attached hydrogens (tertiary/aromatic N) is 2. The third-order valence-corrected chi connectivity index (χ3v) is 6.88. The first-order chi connectivity index (χ1) is 18.6. The molecule has 1 aromatic rings. The van der Waals surface area contributed by atoms with Crippen LogP contribution in [0.4, 0.5) is 18.0 Å². The highest BCUT2D eigenvalue weighted by Crippen LogP contribution is 2.45. The third kappa shape index (κ3) is 6.90. The summed E-state index contributed by atoms with van der Waals surface area (Å²) in [6.07, 6.45) is -4.81. The van der Waals surface area contributed by atoms with Crippen LogP contribution >= 0.6 is 0 Å². The molecule has 2 saturated heterocycles.